The zero-order valence-electron chi connectivity index (χ0n) is 11.7. The van der Waals surface area contributed by atoms with Crippen molar-refractivity contribution in [3.63, 3.8) is 0 Å². The highest BCUT2D eigenvalue weighted by Gasteiger charge is 2.41. The molecular formula is C14H15F3N2O2. The number of rotatable bonds is 2. The number of likely N-dealkylation sites (tertiary alicyclic amines) is 1. The molecule has 0 bridgehead atoms. The molecule has 1 unspecified atom stereocenters. The van der Waals surface area contributed by atoms with Gasteiger partial charge >= 0.3 is 0 Å². The first-order valence-corrected chi connectivity index (χ1v) is 6.44. The Morgan fingerprint density at radius 2 is 1.81 bits per heavy atom. The molecule has 0 radical (unpaired) electrons. The number of halogens is 3. The van der Waals surface area contributed by atoms with E-state index in [-0.39, 0.29) is 18.0 Å². The fourth-order valence-corrected chi connectivity index (χ4v) is 2.48. The third kappa shape index (κ3) is 2.72. The third-order valence-corrected chi connectivity index (χ3v) is 3.77. The van der Waals surface area contributed by atoms with Gasteiger partial charge in [-0.1, -0.05) is 0 Å². The summed E-state index contributed by atoms with van der Waals surface area (Å²) >= 11 is 0. The highest BCUT2D eigenvalue weighted by atomic mass is 19.2. The van der Waals surface area contributed by atoms with Gasteiger partial charge in [-0.2, -0.15) is 0 Å². The molecule has 2 amide bonds. The van der Waals surface area contributed by atoms with Crippen molar-refractivity contribution in [3.8, 4) is 0 Å². The molecule has 1 saturated heterocycles. The molecule has 1 aliphatic heterocycles. The first kappa shape index (κ1) is 15.3. The van der Waals surface area contributed by atoms with E-state index in [1.165, 1.54) is 11.9 Å². The van der Waals surface area contributed by atoms with E-state index >= 15 is 0 Å². The number of nitrogens with one attached hydrogen (secondary N) is 1. The molecule has 2 rings (SSSR count). The van der Waals surface area contributed by atoms with Crippen LogP contribution >= 0.6 is 0 Å². The Hall–Kier alpha value is -2.05. The number of hydrogen-bond acceptors (Lipinski definition) is 2. The number of carbonyl (C=O) groups excluding carboxylic acids is 2. The molecule has 1 N–H and O–H groups in total. The third-order valence-electron chi connectivity index (χ3n) is 3.77. The van der Waals surface area contributed by atoms with Gasteiger partial charge in [0.05, 0.1) is 5.41 Å². The lowest BCUT2D eigenvalue weighted by Gasteiger charge is -2.22. The summed E-state index contributed by atoms with van der Waals surface area (Å²) in [5.41, 5.74) is -1.01. The first-order valence-electron chi connectivity index (χ1n) is 6.44. The van der Waals surface area contributed by atoms with Crippen LogP contribution in [-0.4, -0.2) is 36.9 Å². The highest BCUT2D eigenvalue weighted by molar-refractivity contribution is 5.95. The molecule has 7 heteroatoms. The van der Waals surface area contributed by atoms with E-state index in [9.17, 15) is 22.8 Å². The lowest BCUT2D eigenvalue weighted by molar-refractivity contribution is -0.128. The predicted molar refractivity (Wildman–Crippen MR) is 69.0 cm³/mol. The van der Waals surface area contributed by atoms with Crippen LogP contribution in [0, 0.1) is 22.9 Å². The zero-order valence-corrected chi connectivity index (χ0v) is 11.7. The molecule has 114 valence electrons. The minimum absolute atomic E-state index is 0.145. The molecule has 0 aromatic heterocycles. The Morgan fingerprint density at radius 1 is 1.24 bits per heavy atom. The number of carbonyl (C=O) groups is 2. The van der Waals surface area contributed by atoms with Crippen LogP contribution in [0.1, 0.15) is 23.7 Å². The Kier molecular flexibility index (Phi) is 3.93. The lowest BCUT2D eigenvalue weighted by Crippen LogP contribution is -2.40. The van der Waals surface area contributed by atoms with Crippen LogP contribution < -0.4 is 5.32 Å². The van der Waals surface area contributed by atoms with Gasteiger partial charge in [-0.25, -0.2) is 13.2 Å². The van der Waals surface area contributed by atoms with Crippen molar-refractivity contribution in [2.75, 3.05) is 20.1 Å². The summed E-state index contributed by atoms with van der Waals surface area (Å²) in [7, 11) is 1.50. The van der Waals surface area contributed by atoms with E-state index in [1.54, 1.807) is 6.92 Å². The largest absolute Gasteiger partial charge is 0.359 e. The van der Waals surface area contributed by atoms with Gasteiger partial charge in [-0.05, 0) is 25.5 Å². The molecule has 21 heavy (non-hydrogen) atoms. The van der Waals surface area contributed by atoms with Gasteiger partial charge in [0.25, 0.3) is 5.91 Å². The molecule has 1 aromatic carbocycles. The predicted octanol–water partition coefficient (Wildman–Crippen LogP) is 1.70. The summed E-state index contributed by atoms with van der Waals surface area (Å²) in [5.74, 6) is -5.25. The molecule has 4 nitrogen and oxygen atoms in total. The summed E-state index contributed by atoms with van der Waals surface area (Å²) in [6.45, 7) is 2.15. The van der Waals surface area contributed by atoms with Gasteiger partial charge in [0.2, 0.25) is 5.91 Å². The maximum atomic E-state index is 13.2. The molecule has 1 heterocycles. The van der Waals surface area contributed by atoms with E-state index in [2.05, 4.69) is 5.32 Å². The van der Waals surface area contributed by atoms with Crippen molar-refractivity contribution in [2.24, 2.45) is 5.41 Å². The van der Waals surface area contributed by atoms with E-state index < -0.39 is 28.8 Å². The average Bonchev–Trinajstić information content (AvgIpc) is 2.86. The van der Waals surface area contributed by atoms with Gasteiger partial charge in [-0.3, -0.25) is 9.59 Å². The maximum Gasteiger partial charge on any atom is 0.254 e. The van der Waals surface area contributed by atoms with Crippen molar-refractivity contribution < 1.29 is 22.8 Å². The van der Waals surface area contributed by atoms with E-state index in [4.69, 9.17) is 0 Å². The normalized spacial score (nSPS) is 21.5. The van der Waals surface area contributed by atoms with Gasteiger partial charge in [0, 0.05) is 25.7 Å². The number of benzene rings is 1. The van der Waals surface area contributed by atoms with Crippen LogP contribution in [0.2, 0.25) is 0 Å². The SMILES string of the molecule is CNC(=O)C1(C)CCN(C(=O)c2cc(F)c(F)c(F)c2)C1. The van der Waals surface area contributed by atoms with E-state index in [1.807, 2.05) is 0 Å². The van der Waals surface area contributed by atoms with Crippen molar-refractivity contribution in [1.82, 2.24) is 10.2 Å². The van der Waals surface area contributed by atoms with Gasteiger partial charge < -0.3 is 10.2 Å². The topological polar surface area (TPSA) is 49.4 Å². The van der Waals surface area contributed by atoms with Crippen LogP contribution in [0.25, 0.3) is 0 Å². The van der Waals surface area contributed by atoms with E-state index in [0.29, 0.717) is 25.1 Å². The van der Waals surface area contributed by atoms with Crippen LogP contribution in [0.5, 0.6) is 0 Å². The summed E-state index contributed by atoms with van der Waals surface area (Å²) in [6, 6.07) is 1.33. The number of amides is 2. The molecular weight excluding hydrogens is 285 g/mol. The summed E-state index contributed by atoms with van der Waals surface area (Å²) in [6.07, 6.45) is 0.449. The van der Waals surface area contributed by atoms with Crippen LogP contribution in [-0.2, 0) is 4.79 Å². The van der Waals surface area contributed by atoms with Gasteiger partial charge in [-0.15, -0.1) is 0 Å². The second-order valence-electron chi connectivity index (χ2n) is 5.37. The summed E-state index contributed by atoms with van der Waals surface area (Å²) in [5, 5.41) is 2.53. The molecule has 0 spiro atoms. The Bertz CT molecular complexity index is 583. The molecule has 1 fully saturated rings. The second kappa shape index (κ2) is 5.38. The number of hydrogen-bond donors (Lipinski definition) is 1. The Balaban J connectivity index is 2.21. The zero-order chi connectivity index (χ0) is 15.8. The molecule has 0 aliphatic carbocycles. The Morgan fingerprint density at radius 3 is 2.33 bits per heavy atom. The molecule has 1 aliphatic rings. The Labute approximate surface area is 119 Å². The number of nitrogens with zero attached hydrogens (tertiary/aromatic N) is 1. The first-order chi connectivity index (χ1) is 9.78. The fraction of sp³-hybridized carbons (Fsp3) is 0.429. The van der Waals surface area contributed by atoms with Crippen molar-refractivity contribution in [2.45, 2.75) is 13.3 Å². The standard InChI is InChI=1S/C14H15F3N2O2/c1-14(13(21)18-2)3-4-19(7-14)12(20)8-5-9(15)11(17)10(16)6-8/h5-6H,3-4,7H2,1-2H3,(H,18,21). The molecule has 1 atom stereocenters. The summed E-state index contributed by atoms with van der Waals surface area (Å²) in [4.78, 5) is 25.3. The van der Waals surface area contributed by atoms with Crippen molar-refractivity contribution >= 4 is 11.8 Å². The van der Waals surface area contributed by atoms with Crippen molar-refractivity contribution in [3.05, 3.63) is 35.1 Å². The quantitative estimate of drug-likeness (QED) is 0.845. The highest BCUT2D eigenvalue weighted by Crippen LogP contribution is 2.31. The minimum atomic E-state index is -1.61. The molecule has 1 aromatic rings. The minimum Gasteiger partial charge on any atom is -0.359 e. The van der Waals surface area contributed by atoms with Crippen LogP contribution in [0.3, 0.4) is 0 Å². The second-order valence-corrected chi connectivity index (χ2v) is 5.37. The summed E-state index contributed by atoms with van der Waals surface area (Å²) < 4.78 is 39.2. The monoisotopic (exact) mass is 300 g/mol. The van der Waals surface area contributed by atoms with Gasteiger partial charge in [0.15, 0.2) is 17.5 Å². The maximum absolute atomic E-state index is 13.2. The average molecular weight is 300 g/mol. The molecule has 0 saturated carbocycles. The van der Waals surface area contributed by atoms with Crippen LogP contribution in [0.15, 0.2) is 12.1 Å². The fourth-order valence-electron chi connectivity index (χ4n) is 2.48. The lowest BCUT2D eigenvalue weighted by atomic mass is 9.89. The smallest absolute Gasteiger partial charge is 0.254 e. The van der Waals surface area contributed by atoms with E-state index in [0.717, 1.165) is 0 Å². The van der Waals surface area contributed by atoms with Gasteiger partial charge in [0.1, 0.15) is 0 Å². The van der Waals surface area contributed by atoms with Crippen LogP contribution in [0.4, 0.5) is 13.2 Å². The van der Waals surface area contributed by atoms with Crippen molar-refractivity contribution in [1.29, 1.82) is 0 Å².